The van der Waals surface area contributed by atoms with E-state index < -0.39 is 0 Å². The second-order valence-corrected chi connectivity index (χ2v) is 7.07. The van der Waals surface area contributed by atoms with E-state index in [9.17, 15) is 4.79 Å². The molecule has 1 aromatic heterocycles. The number of rotatable bonds is 6. The van der Waals surface area contributed by atoms with Crippen LogP contribution in [-0.2, 0) is 9.53 Å². The van der Waals surface area contributed by atoms with E-state index in [4.69, 9.17) is 9.47 Å². The first-order chi connectivity index (χ1) is 11.1. The lowest BCUT2D eigenvalue weighted by atomic mass is 9.79. The number of carbonyl (C=O) groups is 1. The van der Waals surface area contributed by atoms with Crippen molar-refractivity contribution in [3.05, 3.63) is 24.5 Å². The van der Waals surface area contributed by atoms with Gasteiger partial charge in [-0.25, -0.2) is 0 Å². The molecule has 1 amide bonds. The Morgan fingerprint density at radius 2 is 2.35 bits per heavy atom. The Bertz CT molecular complexity index is 526. The lowest BCUT2D eigenvalue weighted by Gasteiger charge is -2.50. The SMILES string of the molecule is CC(C)CC(=O)N1CC2(C1)OCCC2CCOc1cccnc1. The van der Waals surface area contributed by atoms with Gasteiger partial charge < -0.3 is 14.4 Å². The van der Waals surface area contributed by atoms with E-state index in [1.807, 2.05) is 17.0 Å². The van der Waals surface area contributed by atoms with Crippen molar-refractivity contribution < 1.29 is 14.3 Å². The Labute approximate surface area is 138 Å². The van der Waals surface area contributed by atoms with Crippen molar-refractivity contribution >= 4 is 5.91 Å². The number of likely N-dealkylation sites (tertiary alicyclic amines) is 1. The second-order valence-electron chi connectivity index (χ2n) is 7.07. The summed E-state index contributed by atoms with van der Waals surface area (Å²) >= 11 is 0. The summed E-state index contributed by atoms with van der Waals surface area (Å²) in [6, 6.07) is 3.79. The Hall–Kier alpha value is -1.62. The standard InChI is InChI=1S/C18H26N2O3/c1-14(2)10-17(21)20-12-18(13-20)15(6-9-23-18)5-8-22-16-4-3-7-19-11-16/h3-4,7,11,14-15H,5-6,8-10,12-13H2,1-2H3. The molecule has 1 spiro atoms. The molecule has 0 aromatic carbocycles. The highest BCUT2D eigenvalue weighted by Crippen LogP contribution is 2.42. The number of pyridine rings is 1. The molecule has 0 saturated carbocycles. The molecule has 126 valence electrons. The number of ether oxygens (including phenoxy) is 2. The van der Waals surface area contributed by atoms with E-state index in [0.29, 0.717) is 24.9 Å². The molecule has 2 saturated heterocycles. The van der Waals surface area contributed by atoms with E-state index in [1.54, 1.807) is 12.4 Å². The van der Waals surface area contributed by atoms with Crippen molar-refractivity contribution in [3.63, 3.8) is 0 Å². The topological polar surface area (TPSA) is 51.7 Å². The van der Waals surface area contributed by atoms with Gasteiger partial charge in [0.25, 0.3) is 0 Å². The largest absolute Gasteiger partial charge is 0.492 e. The summed E-state index contributed by atoms with van der Waals surface area (Å²) in [5, 5.41) is 0. The summed E-state index contributed by atoms with van der Waals surface area (Å²) in [4.78, 5) is 18.1. The van der Waals surface area contributed by atoms with Gasteiger partial charge in [-0.3, -0.25) is 9.78 Å². The van der Waals surface area contributed by atoms with E-state index in [0.717, 1.165) is 38.3 Å². The fraction of sp³-hybridized carbons (Fsp3) is 0.667. The molecule has 1 aromatic rings. The van der Waals surface area contributed by atoms with Crippen LogP contribution in [0.15, 0.2) is 24.5 Å². The van der Waals surface area contributed by atoms with Crippen LogP contribution in [0.4, 0.5) is 0 Å². The van der Waals surface area contributed by atoms with Gasteiger partial charge in [0.1, 0.15) is 11.4 Å². The molecule has 0 N–H and O–H groups in total. The van der Waals surface area contributed by atoms with Gasteiger partial charge in [0.2, 0.25) is 5.91 Å². The zero-order valence-corrected chi connectivity index (χ0v) is 14.0. The Kier molecular flexibility index (Phi) is 4.85. The maximum absolute atomic E-state index is 12.1. The molecule has 23 heavy (non-hydrogen) atoms. The second kappa shape index (κ2) is 6.87. The average Bonchev–Trinajstić information content (AvgIpc) is 2.90. The number of hydrogen-bond donors (Lipinski definition) is 0. The van der Waals surface area contributed by atoms with Gasteiger partial charge in [-0.05, 0) is 36.8 Å². The fourth-order valence-electron chi connectivity index (χ4n) is 3.55. The molecule has 0 radical (unpaired) electrons. The third-order valence-corrected chi connectivity index (χ3v) is 4.82. The minimum Gasteiger partial charge on any atom is -0.492 e. The highest BCUT2D eigenvalue weighted by Gasteiger charge is 2.53. The summed E-state index contributed by atoms with van der Waals surface area (Å²) in [7, 11) is 0. The average molecular weight is 318 g/mol. The van der Waals surface area contributed by atoms with Crippen LogP contribution in [0.2, 0.25) is 0 Å². The molecule has 2 aliphatic rings. The van der Waals surface area contributed by atoms with Crippen LogP contribution in [0, 0.1) is 11.8 Å². The normalized spacial score (nSPS) is 22.4. The van der Waals surface area contributed by atoms with Crippen molar-refractivity contribution in [2.75, 3.05) is 26.3 Å². The van der Waals surface area contributed by atoms with E-state index in [2.05, 4.69) is 18.8 Å². The minimum absolute atomic E-state index is 0.120. The molecular weight excluding hydrogens is 292 g/mol. The minimum atomic E-state index is -0.120. The molecule has 0 aliphatic carbocycles. The number of carbonyl (C=O) groups excluding carboxylic acids is 1. The van der Waals surface area contributed by atoms with Gasteiger partial charge in [-0.2, -0.15) is 0 Å². The lowest BCUT2D eigenvalue weighted by Crippen LogP contribution is -2.66. The highest BCUT2D eigenvalue weighted by atomic mass is 16.5. The van der Waals surface area contributed by atoms with Gasteiger partial charge in [-0.15, -0.1) is 0 Å². The first-order valence-corrected chi connectivity index (χ1v) is 8.53. The first-order valence-electron chi connectivity index (χ1n) is 8.53. The summed E-state index contributed by atoms with van der Waals surface area (Å²) in [5.74, 6) is 1.95. The van der Waals surface area contributed by atoms with Crippen molar-refractivity contribution in [2.24, 2.45) is 11.8 Å². The molecule has 1 unspecified atom stereocenters. The molecule has 0 bridgehead atoms. The summed E-state index contributed by atoms with van der Waals surface area (Å²) in [6.45, 7) is 7.12. The van der Waals surface area contributed by atoms with Crippen LogP contribution in [0.1, 0.15) is 33.1 Å². The third kappa shape index (κ3) is 3.66. The molecule has 1 atom stereocenters. The van der Waals surface area contributed by atoms with Crippen LogP contribution in [0.25, 0.3) is 0 Å². The van der Waals surface area contributed by atoms with Crippen molar-refractivity contribution in [2.45, 2.75) is 38.7 Å². The molecular formula is C18H26N2O3. The smallest absolute Gasteiger partial charge is 0.223 e. The van der Waals surface area contributed by atoms with Gasteiger partial charge in [0.15, 0.2) is 0 Å². The first kappa shape index (κ1) is 16.2. The fourth-order valence-corrected chi connectivity index (χ4v) is 3.55. The van der Waals surface area contributed by atoms with E-state index in [-0.39, 0.29) is 11.5 Å². The van der Waals surface area contributed by atoms with Crippen LogP contribution < -0.4 is 4.74 Å². The van der Waals surface area contributed by atoms with Crippen molar-refractivity contribution in [1.29, 1.82) is 0 Å². The predicted octanol–water partition coefficient (Wildman–Crippen LogP) is 2.51. The maximum Gasteiger partial charge on any atom is 0.223 e. The quantitative estimate of drug-likeness (QED) is 0.809. The monoisotopic (exact) mass is 318 g/mol. The van der Waals surface area contributed by atoms with Gasteiger partial charge in [0, 0.05) is 19.2 Å². The summed E-state index contributed by atoms with van der Waals surface area (Å²) < 4.78 is 11.8. The van der Waals surface area contributed by atoms with Crippen LogP contribution in [0.3, 0.4) is 0 Å². The van der Waals surface area contributed by atoms with E-state index >= 15 is 0 Å². The molecule has 3 heterocycles. The number of amides is 1. The summed E-state index contributed by atoms with van der Waals surface area (Å²) in [5.41, 5.74) is -0.120. The predicted molar refractivity (Wildman–Crippen MR) is 87.2 cm³/mol. The molecule has 2 fully saturated rings. The molecule has 5 nitrogen and oxygen atoms in total. The van der Waals surface area contributed by atoms with Crippen LogP contribution in [0.5, 0.6) is 5.75 Å². The molecule has 2 aliphatic heterocycles. The van der Waals surface area contributed by atoms with Gasteiger partial charge >= 0.3 is 0 Å². The number of hydrogen-bond acceptors (Lipinski definition) is 4. The van der Waals surface area contributed by atoms with Crippen LogP contribution >= 0.6 is 0 Å². The zero-order chi connectivity index (χ0) is 16.3. The lowest BCUT2D eigenvalue weighted by molar-refractivity contribution is -0.166. The molecule has 5 heteroatoms. The van der Waals surface area contributed by atoms with Gasteiger partial charge in [-0.1, -0.05) is 13.8 Å². The van der Waals surface area contributed by atoms with Crippen molar-refractivity contribution in [1.82, 2.24) is 9.88 Å². The van der Waals surface area contributed by atoms with Gasteiger partial charge in [0.05, 0.1) is 25.9 Å². The highest BCUT2D eigenvalue weighted by molar-refractivity contribution is 5.77. The van der Waals surface area contributed by atoms with Crippen molar-refractivity contribution in [3.8, 4) is 5.75 Å². The third-order valence-electron chi connectivity index (χ3n) is 4.82. The Morgan fingerprint density at radius 1 is 1.52 bits per heavy atom. The number of nitrogens with zero attached hydrogens (tertiary/aromatic N) is 2. The molecule has 3 rings (SSSR count). The summed E-state index contributed by atoms with van der Waals surface area (Å²) in [6.07, 6.45) is 6.12. The number of aromatic nitrogens is 1. The maximum atomic E-state index is 12.1. The van der Waals surface area contributed by atoms with E-state index in [1.165, 1.54) is 0 Å². The van der Waals surface area contributed by atoms with Crippen LogP contribution in [-0.4, -0.2) is 47.7 Å². The Balaban J connectivity index is 1.46. The zero-order valence-electron chi connectivity index (χ0n) is 14.0. The Morgan fingerprint density at radius 3 is 3.04 bits per heavy atom.